The van der Waals surface area contributed by atoms with Gasteiger partial charge >= 0.3 is 5.97 Å². The molecule has 0 aromatic heterocycles. The molecule has 23 heavy (non-hydrogen) atoms. The minimum atomic E-state index is -0.263. The monoisotopic (exact) mass is 316 g/mol. The summed E-state index contributed by atoms with van der Waals surface area (Å²) in [6, 6.07) is 0. The van der Waals surface area contributed by atoms with Crippen LogP contribution >= 0.6 is 0 Å². The van der Waals surface area contributed by atoms with Gasteiger partial charge < -0.3 is 4.74 Å². The third-order valence-electron chi connectivity index (χ3n) is 5.55. The van der Waals surface area contributed by atoms with Gasteiger partial charge in [0.05, 0.1) is 0 Å². The third-order valence-corrected chi connectivity index (χ3v) is 5.55. The Labute approximate surface area is 139 Å². The lowest BCUT2D eigenvalue weighted by molar-refractivity contribution is -0.150. The number of rotatable bonds is 3. The minimum absolute atomic E-state index is 0.0979. The molecule has 0 spiro atoms. The summed E-state index contributed by atoms with van der Waals surface area (Å²) in [5.41, 5.74) is 2.96. The van der Waals surface area contributed by atoms with Crippen molar-refractivity contribution in [2.75, 3.05) is 0 Å². The minimum Gasteiger partial charge on any atom is -0.459 e. The molecule has 2 rings (SSSR count). The van der Waals surface area contributed by atoms with Gasteiger partial charge in [-0.3, -0.25) is 4.79 Å². The summed E-state index contributed by atoms with van der Waals surface area (Å²) < 4.78 is 5.70. The van der Waals surface area contributed by atoms with Gasteiger partial charge in [-0.1, -0.05) is 37.1 Å². The van der Waals surface area contributed by atoms with Crippen molar-refractivity contribution in [1.29, 1.82) is 0 Å². The maximum Gasteiger partial charge on any atom is 0.330 e. The molecule has 126 valence electrons. The molecule has 3 nitrogen and oxygen atoms in total. The Hall–Kier alpha value is -1.64. The second-order valence-electron chi connectivity index (χ2n) is 7.62. The van der Waals surface area contributed by atoms with Crippen molar-refractivity contribution in [3.05, 3.63) is 35.5 Å². The van der Waals surface area contributed by atoms with Crippen LogP contribution in [0.15, 0.2) is 35.5 Å². The lowest BCUT2D eigenvalue weighted by Gasteiger charge is -2.49. The van der Waals surface area contributed by atoms with E-state index in [9.17, 15) is 9.59 Å². The summed E-state index contributed by atoms with van der Waals surface area (Å²) in [4.78, 5) is 24.3. The van der Waals surface area contributed by atoms with Crippen LogP contribution in [0.25, 0.3) is 0 Å². The summed E-state index contributed by atoms with van der Waals surface area (Å²) in [5, 5.41) is 0. The Morgan fingerprint density at radius 3 is 2.61 bits per heavy atom. The zero-order valence-electron chi connectivity index (χ0n) is 14.9. The first-order valence-corrected chi connectivity index (χ1v) is 8.41. The highest BCUT2D eigenvalue weighted by atomic mass is 16.5. The number of carbonyl (C=O) groups is 2. The van der Waals surface area contributed by atoms with Crippen LogP contribution in [0.3, 0.4) is 0 Å². The molecule has 2 aliphatic carbocycles. The number of hydrogen-bond acceptors (Lipinski definition) is 3. The standard InChI is InChI=1S/C20H28O3/c1-12(2)9-19(22)23-18-8-7-15-10-17(21)16(13(3)4)11-20(15,6)14(18)5/h9-10,14,16,18H,3,7-8,11H2,1-2,4-6H3/t14-,16+,18+,20+/m0/s1. The van der Waals surface area contributed by atoms with Gasteiger partial charge in [0, 0.05) is 17.9 Å². The van der Waals surface area contributed by atoms with Crippen LogP contribution in [0, 0.1) is 17.3 Å². The largest absolute Gasteiger partial charge is 0.459 e. The Balaban J connectivity index is 2.23. The maximum atomic E-state index is 12.3. The zero-order chi connectivity index (χ0) is 17.4. The number of esters is 1. The predicted molar refractivity (Wildman–Crippen MR) is 91.8 cm³/mol. The fourth-order valence-corrected chi connectivity index (χ4v) is 3.88. The summed E-state index contributed by atoms with van der Waals surface area (Å²) in [7, 11) is 0. The van der Waals surface area contributed by atoms with Crippen molar-refractivity contribution in [3.63, 3.8) is 0 Å². The highest BCUT2D eigenvalue weighted by molar-refractivity contribution is 5.95. The highest BCUT2D eigenvalue weighted by Crippen LogP contribution is 2.52. The lowest BCUT2D eigenvalue weighted by atomic mass is 9.57. The molecule has 4 atom stereocenters. The fourth-order valence-electron chi connectivity index (χ4n) is 3.88. The Kier molecular flexibility index (Phi) is 4.98. The average Bonchev–Trinajstić information content (AvgIpc) is 2.43. The fraction of sp³-hybridized carbons (Fsp3) is 0.600. The molecule has 3 heteroatoms. The molecule has 0 aliphatic heterocycles. The second-order valence-corrected chi connectivity index (χ2v) is 7.62. The first-order chi connectivity index (χ1) is 10.6. The van der Waals surface area contributed by atoms with Gasteiger partial charge in [-0.15, -0.1) is 0 Å². The Bertz CT molecular complexity index is 592. The lowest BCUT2D eigenvalue weighted by Crippen LogP contribution is -2.46. The molecule has 0 heterocycles. The number of allylic oxidation sites excluding steroid dienone is 4. The van der Waals surface area contributed by atoms with E-state index in [0.29, 0.717) is 0 Å². The first-order valence-electron chi connectivity index (χ1n) is 8.41. The Morgan fingerprint density at radius 2 is 2.04 bits per heavy atom. The molecule has 2 aliphatic rings. The summed E-state index contributed by atoms with van der Waals surface area (Å²) in [5.74, 6) is -0.0104. The van der Waals surface area contributed by atoms with E-state index in [-0.39, 0.29) is 35.1 Å². The smallest absolute Gasteiger partial charge is 0.330 e. The van der Waals surface area contributed by atoms with E-state index >= 15 is 0 Å². The van der Waals surface area contributed by atoms with Crippen molar-refractivity contribution in [1.82, 2.24) is 0 Å². The van der Waals surface area contributed by atoms with Crippen LogP contribution in [0.4, 0.5) is 0 Å². The van der Waals surface area contributed by atoms with E-state index in [1.165, 1.54) is 5.57 Å². The van der Waals surface area contributed by atoms with E-state index < -0.39 is 0 Å². The summed E-state index contributed by atoms with van der Waals surface area (Å²) in [6.45, 7) is 14.0. The molecule has 0 unspecified atom stereocenters. The predicted octanol–water partition coefficient (Wildman–Crippen LogP) is 4.39. The molecule has 0 bridgehead atoms. The number of fused-ring (bicyclic) bond motifs is 1. The SMILES string of the molecule is C=C(C)[C@H]1C[C@@]2(C)C(=CC1=O)CC[C@@H](OC(=O)C=C(C)C)[C@@H]2C. The highest BCUT2D eigenvalue weighted by Gasteiger charge is 2.48. The van der Waals surface area contributed by atoms with Crippen LogP contribution in [0.1, 0.15) is 53.9 Å². The van der Waals surface area contributed by atoms with Crippen molar-refractivity contribution < 1.29 is 14.3 Å². The van der Waals surface area contributed by atoms with E-state index in [4.69, 9.17) is 4.74 Å². The van der Waals surface area contributed by atoms with Crippen LogP contribution in [-0.4, -0.2) is 17.9 Å². The molecular formula is C20H28O3. The van der Waals surface area contributed by atoms with E-state index in [1.807, 2.05) is 26.8 Å². The molecule has 0 N–H and O–H groups in total. The van der Waals surface area contributed by atoms with Gasteiger partial charge in [0.1, 0.15) is 6.10 Å². The third kappa shape index (κ3) is 3.49. The van der Waals surface area contributed by atoms with Crippen molar-refractivity contribution >= 4 is 11.8 Å². The van der Waals surface area contributed by atoms with E-state index in [1.54, 1.807) is 6.08 Å². The number of ether oxygens (including phenoxy) is 1. The quantitative estimate of drug-likeness (QED) is 0.440. The van der Waals surface area contributed by atoms with E-state index in [0.717, 1.165) is 30.4 Å². The maximum absolute atomic E-state index is 12.3. The molecule has 0 amide bonds. The van der Waals surface area contributed by atoms with Gasteiger partial charge in [0.2, 0.25) is 0 Å². The molecule has 0 saturated heterocycles. The normalized spacial score (nSPS) is 33.3. The van der Waals surface area contributed by atoms with Gasteiger partial charge in [-0.25, -0.2) is 4.79 Å². The van der Waals surface area contributed by atoms with Crippen molar-refractivity contribution in [2.45, 2.75) is 60.0 Å². The van der Waals surface area contributed by atoms with Gasteiger partial charge in [-0.05, 0) is 51.5 Å². The molecular weight excluding hydrogens is 288 g/mol. The van der Waals surface area contributed by atoms with Gasteiger partial charge in [0.25, 0.3) is 0 Å². The van der Waals surface area contributed by atoms with Crippen LogP contribution < -0.4 is 0 Å². The number of ketones is 1. The molecule has 1 saturated carbocycles. The van der Waals surface area contributed by atoms with Crippen molar-refractivity contribution in [2.24, 2.45) is 17.3 Å². The van der Waals surface area contributed by atoms with Crippen LogP contribution in [0.5, 0.6) is 0 Å². The van der Waals surface area contributed by atoms with Crippen LogP contribution in [0.2, 0.25) is 0 Å². The summed E-state index contributed by atoms with van der Waals surface area (Å²) in [6.07, 6.45) is 5.65. The van der Waals surface area contributed by atoms with Gasteiger partial charge in [0.15, 0.2) is 5.78 Å². The van der Waals surface area contributed by atoms with Gasteiger partial charge in [-0.2, -0.15) is 0 Å². The first kappa shape index (κ1) is 17.7. The number of hydrogen-bond donors (Lipinski definition) is 0. The zero-order valence-corrected chi connectivity index (χ0v) is 14.9. The second kappa shape index (κ2) is 6.46. The molecule has 0 radical (unpaired) electrons. The average molecular weight is 316 g/mol. The molecule has 1 fully saturated rings. The summed E-state index contributed by atoms with van der Waals surface area (Å²) >= 11 is 0. The topological polar surface area (TPSA) is 43.4 Å². The molecule has 0 aromatic rings. The van der Waals surface area contributed by atoms with Crippen molar-refractivity contribution in [3.8, 4) is 0 Å². The van der Waals surface area contributed by atoms with Crippen LogP contribution in [-0.2, 0) is 14.3 Å². The Morgan fingerprint density at radius 1 is 1.39 bits per heavy atom. The molecule has 0 aromatic carbocycles. The number of carbonyl (C=O) groups excluding carboxylic acids is 2. The van der Waals surface area contributed by atoms with E-state index in [2.05, 4.69) is 20.4 Å².